The molecule has 1 fully saturated rings. The van der Waals surface area contributed by atoms with Crippen LogP contribution in [0.2, 0.25) is 5.02 Å². The number of likely N-dealkylation sites (N-methyl/N-ethyl adjacent to an activating group) is 1. The van der Waals surface area contributed by atoms with Crippen LogP contribution < -0.4 is 10.2 Å². The molecule has 1 aromatic carbocycles. The van der Waals surface area contributed by atoms with Crippen LogP contribution in [0.1, 0.15) is 10.6 Å². The molecule has 0 spiro atoms. The highest BCUT2D eigenvalue weighted by Gasteiger charge is 2.27. The molecule has 0 aliphatic carbocycles. The first-order valence-electron chi connectivity index (χ1n) is 9.27. The van der Waals surface area contributed by atoms with E-state index < -0.39 is 11.8 Å². The lowest BCUT2D eigenvalue weighted by Gasteiger charge is -2.35. The highest BCUT2D eigenvalue weighted by Crippen LogP contribution is 2.27. The second-order valence-electron chi connectivity index (χ2n) is 7.09. The molecule has 2 amide bonds. The summed E-state index contributed by atoms with van der Waals surface area (Å²) in [7, 11) is 2.06. The van der Waals surface area contributed by atoms with Gasteiger partial charge in [-0.1, -0.05) is 17.7 Å². The first-order valence-corrected chi connectivity index (χ1v) is 10.5. The van der Waals surface area contributed by atoms with E-state index in [-0.39, 0.29) is 0 Å². The van der Waals surface area contributed by atoms with Crippen molar-refractivity contribution in [3.8, 4) is 0 Å². The van der Waals surface area contributed by atoms with E-state index in [1.165, 1.54) is 11.3 Å². The molecule has 2 aliphatic heterocycles. The molecular weight excluding hydrogens is 398 g/mol. The summed E-state index contributed by atoms with van der Waals surface area (Å²) in [6.45, 7) is 4.12. The van der Waals surface area contributed by atoms with Crippen LogP contribution in [-0.2, 0) is 22.6 Å². The Labute approximate surface area is 172 Å². The van der Waals surface area contributed by atoms with Crippen molar-refractivity contribution in [2.45, 2.75) is 13.0 Å². The first-order chi connectivity index (χ1) is 13.5. The summed E-state index contributed by atoms with van der Waals surface area (Å²) in [5, 5.41) is 3.89. The predicted octanol–water partition coefficient (Wildman–Crippen LogP) is 2.07. The van der Waals surface area contributed by atoms with Gasteiger partial charge in [-0.2, -0.15) is 0 Å². The van der Waals surface area contributed by atoms with Crippen LogP contribution in [0.4, 0.5) is 10.8 Å². The van der Waals surface area contributed by atoms with Gasteiger partial charge in [-0.05, 0) is 25.2 Å². The Balaban J connectivity index is 1.33. The Morgan fingerprint density at radius 1 is 1.18 bits per heavy atom. The quantitative estimate of drug-likeness (QED) is 0.755. The van der Waals surface area contributed by atoms with Gasteiger partial charge in [0.05, 0.1) is 5.69 Å². The van der Waals surface area contributed by atoms with E-state index in [1.54, 1.807) is 4.90 Å². The van der Waals surface area contributed by atoms with Crippen LogP contribution >= 0.6 is 22.9 Å². The number of carbonyl (C=O) groups excluding carboxylic acids is 2. The van der Waals surface area contributed by atoms with Gasteiger partial charge >= 0.3 is 11.8 Å². The number of benzene rings is 1. The van der Waals surface area contributed by atoms with Crippen LogP contribution in [0.15, 0.2) is 24.3 Å². The van der Waals surface area contributed by atoms with Crippen LogP contribution in [-0.4, -0.2) is 66.4 Å². The van der Waals surface area contributed by atoms with Crippen LogP contribution in [0.25, 0.3) is 0 Å². The number of hydrogen-bond acceptors (Lipinski definition) is 6. The van der Waals surface area contributed by atoms with E-state index in [9.17, 15) is 9.59 Å². The number of thiazole rings is 1. The number of rotatable bonds is 2. The third-order valence-corrected chi connectivity index (χ3v) is 6.31. The minimum Gasteiger partial charge on any atom is -0.368 e. The second-order valence-corrected chi connectivity index (χ2v) is 8.61. The van der Waals surface area contributed by atoms with Gasteiger partial charge in [0.2, 0.25) is 0 Å². The Kier molecular flexibility index (Phi) is 5.52. The molecule has 2 aromatic rings. The number of aromatic nitrogens is 1. The fourth-order valence-electron chi connectivity index (χ4n) is 3.51. The molecule has 7 nitrogen and oxygen atoms in total. The maximum absolute atomic E-state index is 12.5. The largest absolute Gasteiger partial charge is 0.368 e. The minimum atomic E-state index is -0.615. The molecule has 1 saturated heterocycles. The molecule has 0 atom stereocenters. The Bertz CT molecular complexity index is 894. The summed E-state index contributed by atoms with van der Waals surface area (Å²) in [6, 6.07) is 7.66. The molecule has 3 heterocycles. The number of hydrogen-bond donors (Lipinski definition) is 1. The number of nitrogens with zero attached hydrogens (tertiary/aromatic N) is 4. The van der Waals surface area contributed by atoms with Crippen LogP contribution in [0, 0.1) is 0 Å². The van der Waals surface area contributed by atoms with Crippen molar-refractivity contribution in [1.82, 2.24) is 14.8 Å². The molecule has 0 unspecified atom stereocenters. The molecule has 1 N–H and O–H groups in total. The van der Waals surface area contributed by atoms with E-state index in [0.29, 0.717) is 36.3 Å². The number of amides is 2. The fraction of sp³-hybridized carbons (Fsp3) is 0.421. The van der Waals surface area contributed by atoms with Gasteiger partial charge in [-0.3, -0.25) is 14.9 Å². The number of nitrogens with one attached hydrogen (secondary N) is 1. The van der Waals surface area contributed by atoms with Gasteiger partial charge < -0.3 is 14.7 Å². The van der Waals surface area contributed by atoms with Gasteiger partial charge in [0.25, 0.3) is 0 Å². The summed E-state index contributed by atoms with van der Waals surface area (Å²) < 4.78 is 0. The lowest BCUT2D eigenvalue weighted by Crippen LogP contribution is -2.51. The molecule has 4 rings (SSSR count). The number of piperazine rings is 1. The molecule has 28 heavy (non-hydrogen) atoms. The average molecular weight is 420 g/mol. The van der Waals surface area contributed by atoms with E-state index in [1.807, 2.05) is 24.3 Å². The zero-order valence-corrected chi connectivity index (χ0v) is 17.2. The SMILES string of the molecule is CN1CCc2nc(NC(=O)C(=O)N3CCN(c4cccc(Cl)c4)CC3)sc2C1. The van der Waals surface area contributed by atoms with Crippen LogP contribution in [0.5, 0.6) is 0 Å². The van der Waals surface area contributed by atoms with Crippen molar-refractivity contribution >= 4 is 45.6 Å². The number of carbonyl (C=O) groups is 2. The molecule has 2 aliphatic rings. The number of halogens is 1. The zero-order valence-electron chi connectivity index (χ0n) is 15.7. The average Bonchev–Trinajstić information content (AvgIpc) is 3.08. The zero-order chi connectivity index (χ0) is 19.7. The van der Waals surface area contributed by atoms with Crippen molar-refractivity contribution in [3.05, 3.63) is 39.9 Å². The molecular formula is C19H22ClN5O2S. The maximum atomic E-state index is 12.5. The normalized spacial score (nSPS) is 17.4. The van der Waals surface area contributed by atoms with Gasteiger partial charge in [-0.25, -0.2) is 4.98 Å². The third-order valence-electron chi connectivity index (χ3n) is 5.08. The van der Waals surface area contributed by atoms with Crippen molar-refractivity contribution in [3.63, 3.8) is 0 Å². The molecule has 0 saturated carbocycles. The molecule has 0 bridgehead atoms. The number of anilines is 2. The monoisotopic (exact) mass is 419 g/mol. The third kappa shape index (κ3) is 4.14. The van der Waals surface area contributed by atoms with E-state index in [0.717, 1.165) is 35.8 Å². The first kappa shape index (κ1) is 19.2. The summed E-state index contributed by atoms with van der Waals surface area (Å²) >= 11 is 7.51. The standard InChI is InChI=1S/C19H22ClN5O2S/c1-23-6-5-15-16(12-23)28-19(21-15)22-17(26)18(27)25-9-7-24(8-10-25)14-4-2-3-13(20)11-14/h2-4,11H,5-10,12H2,1H3,(H,21,22,26). The number of fused-ring (bicyclic) bond motifs is 1. The van der Waals surface area contributed by atoms with E-state index >= 15 is 0 Å². The van der Waals surface area contributed by atoms with Crippen molar-refractivity contribution in [2.24, 2.45) is 0 Å². The van der Waals surface area contributed by atoms with Crippen molar-refractivity contribution in [2.75, 3.05) is 50.0 Å². The molecule has 1 aromatic heterocycles. The summed E-state index contributed by atoms with van der Waals surface area (Å²) in [4.78, 5) is 36.6. The van der Waals surface area contributed by atoms with E-state index in [4.69, 9.17) is 11.6 Å². The fourth-order valence-corrected chi connectivity index (χ4v) is 4.78. The lowest BCUT2D eigenvalue weighted by molar-refractivity contribution is -0.143. The Hall–Kier alpha value is -2.16. The van der Waals surface area contributed by atoms with Crippen molar-refractivity contribution < 1.29 is 9.59 Å². The Morgan fingerprint density at radius 2 is 1.96 bits per heavy atom. The van der Waals surface area contributed by atoms with Gasteiger partial charge in [0.1, 0.15) is 0 Å². The summed E-state index contributed by atoms with van der Waals surface area (Å²) in [6.07, 6.45) is 0.873. The minimum absolute atomic E-state index is 0.498. The van der Waals surface area contributed by atoms with Gasteiger partial charge in [-0.15, -0.1) is 11.3 Å². The smallest absolute Gasteiger partial charge is 0.315 e. The van der Waals surface area contributed by atoms with Gasteiger partial charge in [0.15, 0.2) is 5.13 Å². The molecule has 0 radical (unpaired) electrons. The highest BCUT2D eigenvalue weighted by molar-refractivity contribution is 7.16. The second kappa shape index (κ2) is 8.06. The maximum Gasteiger partial charge on any atom is 0.315 e. The lowest BCUT2D eigenvalue weighted by atomic mass is 10.2. The summed E-state index contributed by atoms with van der Waals surface area (Å²) in [5.74, 6) is -1.12. The van der Waals surface area contributed by atoms with E-state index in [2.05, 4.69) is 27.1 Å². The predicted molar refractivity (Wildman–Crippen MR) is 111 cm³/mol. The van der Waals surface area contributed by atoms with Gasteiger partial charge in [0, 0.05) is 61.3 Å². The van der Waals surface area contributed by atoms with Crippen molar-refractivity contribution in [1.29, 1.82) is 0 Å². The molecule has 148 valence electrons. The van der Waals surface area contributed by atoms with Crippen LogP contribution in [0.3, 0.4) is 0 Å². The topological polar surface area (TPSA) is 68.8 Å². The molecule has 9 heteroatoms. The Morgan fingerprint density at radius 3 is 2.71 bits per heavy atom. The highest BCUT2D eigenvalue weighted by atomic mass is 35.5. The summed E-state index contributed by atoms with van der Waals surface area (Å²) in [5.41, 5.74) is 2.06.